The summed E-state index contributed by atoms with van der Waals surface area (Å²) in [7, 11) is 2.03. The van der Waals surface area contributed by atoms with E-state index in [2.05, 4.69) is 37.9 Å². The molecule has 4 heteroatoms. The van der Waals surface area contributed by atoms with Crippen LogP contribution in [0.25, 0.3) is 0 Å². The molecule has 1 heterocycles. The van der Waals surface area contributed by atoms with E-state index in [1.165, 1.54) is 12.8 Å². The maximum Gasteiger partial charge on any atom is 0.239 e. The molecule has 2 atom stereocenters. The quantitative estimate of drug-likeness (QED) is 0.795. The normalized spacial score (nSPS) is 21.1. The fraction of sp³-hybridized carbons (Fsp3) is 0.933. The second-order valence-electron chi connectivity index (χ2n) is 5.64. The summed E-state index contributed by atoms with van der Waals surface area (Å²) in [5.41, 5.74) is 0. The van der Waals surface area contributed by atoms with Crippen LogP contribution in [0.4, 0.5) is 0 Å². The van der Waals surface area contributed by atoms with E-state index >= 15 is 0 Å². The summed E-state index contributed by atoms with van der Waals surface area (Å²) < 4.78 is 0. The first-order chi connectivity index (χ1) is 9.04. The number of hydrogen-bond acceptors (Lipinski definition) is 3. The number of piperidine rings is 1. The highest BCUT2D eigenvalue weighted by Gasteiger charge is 2.29. The first-order valence-electron chi connectivity index (χ1n) is 7.75. The lowest BCUT2D eigenvalue weighted by molar-refractivity contribution is -0.136. The van der Waals surface area contributed by atoms with Gasteiger partial charge in [0.2, 0.25) is 5.91 Å². The van der Waals surface area contributed by atoms with Crippen LogP contribution in [0.15, 0.2) is 0 Å². The van der Waals surface area contributed by atoms with Gasteiger partial charge >= 0.3 is 0 Å². The molecule has 2 unspecified atom stereocenters. The number of hydrogen-bond donors (Lipinski definition) is 1. The summed E-state index contributed by atoms with van der Waals surface area (Å²) in [4.78, 5) is 16.6. The molecule has 0 aliphatic carbocycles. The third-order valence-corrected chi connectivity index (χ3v) is 4.72. The zero-order valence-corrected chi connectivity index (χ0v) is 13.3. The van der Waals surface area contributed by atoms with E-state index in [9.17, 15) is 4.79 Å². The highest BCUT2D eigenvalue weighted by molar-refractivity contribution is 5.81. The Hall–Kier alpha value is -0.610. The highest BCUT2D eigenvalue weighted by atomic mass is 16.2. The van der Waals surface area contributed by atoms with Crippen LogP contribution in [0.3, 0.4) is 0 Å². The van der Waals surface area contributed by atoms with Crippen molar-refractivity contribution in [3.8, 4) is 0 Å². The number of rotatable bonds is 6. The van der Waals surface area contributed by atoms with Gasteiger partial charge < -0.3 is 10.2 Å². The molecular formula is C15H31N3O. The van der Waals surface area contributed by atoms with Crippen LogP contribution in [0.1, 0.15) is 40.5 Å². The molecular weight excluding hydrogens is 238 g/mol. The fourth-order valence-corrected chi connectivity index (χ4v) is 3.00. The van der Waals surface area contributed by atoms with Crippen LogP contribution < -0.4 is 5.32 Å². The van der Waals surface area contributed by atoms with Crippen molar-refractivity contribution in [1.29, 1.82) is 0 Å². The lowest BCUT2D eigenvalue weighted by Crippen LogP contribution is -2.51. The summed E-state index contributed by atoms with van der Waals surface area (Å²) in [6, 6.07) is 0.613. The second kappa shape index (κ2) is 7.85. The fourth-order valence-electron chi connectivity index (χ4n) is 3.00. The van der Waals surface area contributed by atoms with Gasteiger partial charge in [0.05, 0.1) is 6.04 Å². The number of nitrogens with one attached hydrogen (secondary N) is 1. The Morgan fingerprint density at radius 2 is 1.79 bits per heavy atom. The maximum absolute atomic E-state index is 12.3. The molecule has 0 aromatic heterocycles. The Bertz CT molecular complexity index is 271. The lowest BCUT2D eigenvalue weighted by atomic mass is 9.90. The van der Waals surface area contributed by atoms with Crippen molar-refractivity contribution in [2.75, 3.05) is 33.2 Å². The van der Waals surface area contributed by atoms with Crippen molar-refractivity contribution in [3.05, 3.63) is 0 Å². The van der Waals surface area contributed by atoms with Gasteiger partial charge in [0.15, 0.2) is 0 Å². The third kappa shape index (κ3) is 4.18. The zero-order valence-electron chi connectivity index (χ0n) is 13.3. The Labute approximate surface area is 118 Å². The minimum Gasteiger partial charge on any atom is -0.342 e. The number of likely N-dealkylation sites (tertiary alicyclic amines) is 1. The van der Waals surface area contributed by atoms with Crippen LogP contribution in [0, 0.1) is 5.92 Å². The molecule has 1 aliphatic heterocycles. The van der Waals surface area contributed by atoms with Gasteiger partial charge in [0, 0.05) is 19.1 Å². The number of likely N-dealkylation sites (N-methyl/N-ethyl adjacent to an activating group) is 1. The molecule has 1 saturated heterocycles. The third-order valence-electron chi connectivity index (χ3n) is 4.72. The molecule has 0 spiro atoms. The molecule has 1 amide bonds. The van der Waals surface area contributed by atoms with Gasteiger partial charge in [0.25, 0.3) is 0 Å². The topological polar surface area (TPSA) is 35.6 Å². The summed E-state index contributed by atoms with van der Waals surface area (Å²) in [6.07, 6.45) is 2.38. The van der Waals surface area contributed by atoms with Crippen molar-refractivity contribution in [2.45, 2.75) is 52.6 Å². The summed E-state index contributed by atoms with van der Waals surface area (Å²) in [6.45, 7) is 12.1. The molecule has 1 rings (SSSR count). The molecule has 1 aliphatic rings. The summed E-state index contributed by atoms with van der Waals surface area (Å²) in [5.74, 6) is 1.03. The van der Waals surface area contributed by atoms with Gasteiger partial charge in [-0.05, 0) is 66.6 Å². The molecule has 0 bridgehead atoms. The standard InChI is InChI=1S/C15H31N3O/c1-6-17(7-2)15(19)13(4)18-10-8-14(9-11-18)12(3)16-5/h12-14,16H,6-11H2,1-5H3. The highest BCUT2D eigenvalue weighted by Crippen LogP contribution is 2.22. The molecule has 0 aromatic rings. The molecule has 4 nitrogen and oxygen atoms in total. The average Bonchev–Trinajstić information content (AvgIpc) is 2.47. The average molecular weight is 269 g/mol. The Morgan fingerprint density at radius 1 is 1.26 bits per heavy atom. The largest absolute Gasteiger partial charge is 0.342 e. The van der Waals surface area contributed by atoms with Crippen molar-refractivity contribution >= 4 is 5.91 Å². The Balaban J connectivity index is 2.48. The molecule has 1 fully saturated rings. The molecule has 0 aromatic carbocycles. The minimum atomic E-state index is 0.0331. The van der Waals surface area contributed by atoms with E-state index in [0.29, 0.717) is 6.04 Å². The van der Waals surface area contributed by atoms with Gasteiger partial charge in [-0.1, -0.05) is 0 Å². The Morgan fingerprint density at radius 3 is 2.21 bits per heavy atom. The maximum atomic E-state index is 12.3. The Kier molecular flexibility index (Phi) is 6.80. The monoisotopic (exact) mass is 269 g/mol. The summed E-state index contributed by atoms with van der Waals surface area (Å²) >= 11 is 0. The van der Waals surface area contributed by atoms with Crippen molar-refractivity contribution in [2.24, 2.45) is 5.92 Å². The number of amides is 1. The van der Waals surface area contributed by atoms with Crippen molar-refractivity contribution < 1.29 is 4.79 Å². The van der Waals surface area contributed by atoms with E-state index in [4.69, 9.17) is 0 Å². The molecule has 1 N–H and O–H groups in total. The molecule has 19 heavy (non-hydrogen) atoms. The second-order valence-corrected chi connectivity index (χ2v) is 5.64. The predicted molar refractivity (Wildman–Crippen MR) is 80.2 cm³/mol. The van der Waals surface area contributed by atoms with Crippen molar-refractivity contribution in [3.63, 3.8) is 0 Å². The SMILES string of the molecule is CCN(CC)C(=O)C(C)N1CCC(C(C)NC)CC1. The van der Waals surface area contributed by atoms with Gasteiger partial charge in [-0.25, -0.2) is 0 Å². The first-order valence-corrected chi connectivity index (χ1v) is 7.75. The molecule has 0 saturated carbocycles. The lowest BCUT2D eigenvalue weighted by Gasteiger charge is -2.38. The predicted octanol–water partition coefficient (Wildman–Crippen LogP) is 1.56. The van der Waals surface area contributed by atoms with Crippen LogP contribution in [0.5, 0.6) is 0 Å². The van der Waals surface area contributed by atoms with Gasteiger partial charge in [-0.3, -0.25) is 9.69 Å². The van der Waals surface area contributed by atoms with E-state index in [1.807, 2.05) is 11.9 Å². The van der Waals surface area contributed by atoms with Gasteiger partial charge in [-0.15, -0.1) is 0 Å². The van der Waals surface area contributed by atoms with E-state index < -0.39 is 0 Å². The number of nitrogens with zero attached hydrogens (tertiary/aromatic N) is 2. The number of carbonyl (C=O) groups is 1. The van der Waals surface area contributed by atoms with E-state index in [-0.39, 0.29) is 11.9 Å². The molecule has 112 valence electrons. The van der Waals surface area contributed by atoms with Crippen LogP contribution >= 0.6 is 0 Å². The van der Waals surface area contributed by atoms with Gasteiger partial charge in [0.1, 0.15) is 0 Å². The minimum absolute atomic E-state index is 0.0331. The van der Waals surface area contributed by atoms with Crippen LogP contribution in [-0.4, -0.2) is 61.0 Å². The number of carbonyl (C=O) groups excluding carboxylic acids is 1. The van der Waals surface area contributed by atoms with Crippen molar-refractivity contribution in [1.82, 2.24) is 15.1 Å². The summed E-state index contributed by atoms with van der Waals surface area (Å²) in [5, 5.41) is 3.34. The zero-order chi connectivity index (χ0) is 14.4. The first kappa shape index (κ1) is 16.4. The van der Waals surface area contributed by atoms with Crippen LogP contribution in [-0.2, 0) is 4.79 Å². The van der Waals surface area contributed by atoms with Crippen LogP contribution in [0.2, 0.25) is 0 Å². The molecule has 0 radical (unpaired) electrons. The smallest absolute Gasteiger partial charge is 0.239 e. The van der Waals surface area contributed by atoms with E-state index in [1.54, 1.807) is 0 Å². The van der Waals surface area contributed by atoms with E-state index in [0.717, 1.165) is 32.1 Å². The van der Waals surface area contributed by atoms with Gasteiger partial charge in [-0.2, -0.15) is 0 Å².